The Bertz CT molecular complexity index is 298. The molecule has 4 heteroatoms. The number of carboxylic acid groups (broad SMARTS) is 1. The molecule has 2 N–H and O–H groups in total. The van der Waals surface area contributed by atoms with Crippen LogP contribution in [0.3, 0.4) is 0 Å². The Kier molecular flexibility index (Phi) is 2.55. The molecule has 0 radical (unpaired) electrons. The number of rotatable bonds is 2. The number of phenols is 1. The summed E-state index contributed by atoms with van der Waals surface area (Å²) < 4.78 is 0. The molecule has 0 fully saturated rings. The fourth-order valence-corrected chi connectivity index (χ4v) is 1.02. The first kappa shape index (κ1) is 8.87. The van der Waals surface area contributed by atoms with Gasteiger partial charge in [0.05, 0.1) is 0 Å². The smallest absolute Gasteiger partial charge is 0.326 e. The van der Waals surface area contributed by atoms with Gasteiger partial charge >= 0.3 is 5.97 Å². The SMILES string of the molecule is O=C(O)C(Cl)c1ccccc1O. The Balaban J connectivity index is 3.02. The molecule has 0 amide bonds. The van der Waals surface area contributed by atoms with Gasteiger partial charge in [-0.25, -0.2) is 0 Å². The predicted octanol–water partition coefficient (Wildman–Crippen LogP) is 1.76. The number of halogens is 1. The minimum atomic E-state index is -1.19. The molecular formula is C8H7ClO3. The second-order valence-electron chi connectivity index (χ2n) is 2.26. The van der Waals surface area contributed by atoms with Crippen LogP contribution in [0.15, 0.2) is 24.3 Å². The van der Waals surface area contributed by atoms with E-state index in [-0.39, 0.29) is 11.3 Å². The Hall–Kier alpha value is -1.22. The lowest BCUT2D eigenvalue weighted by Gasteiger charge is -2.05. The standard InChI is InChI=1S/C8H7ClO3/c9-7(8(11)12)5-3-1-2-4-6(5)10/h1-4,7,10H,(H,11,12). The fraction of sp³-hybridized carbons (Fsp3) is 0.125. The van der Waals surface area contributed by atoms with Gasteiger partial charge in [0.25, 0.3) is 0 Å². The number of aromatic hydroxyl groups is 1. The highest BCUT2D eigenvalue weighted by Crippen LogP contribution is 2.28. The first-order valence-corrected chi connectivity index (χ1v) is 3.71. The van der Waals surface area contributed by atoms with Crippen LogP contribution in [0.1, 0.15) is 10.9 Å². The largest absolute Gasteiger partial charge is 0.508 e. The predicted molar refractivity (Wildman–Crippen MR) is 44.3 cm³/mol. The summed E-state index contributed by atoms with van der Waals surface area (Å²) in [6, 6.07) is 6.09. The van der Waals surface area contributed by atoms with E-state index in [0.29, 0.717) is 0 Å². The van der Waals surface area contributed by atoms with Gasteiger partial charge in [0.1, 0.15) is 5.75 Å². The fourth-order valence-electron chi connectivity index (χ4n) is 0.835. The Morgan fingerprint density at radius 3 is 2.50 bits per heavy atom. The minimum Gasteiger partial charge on any atom is -0.508 e. The Morgan fingerprint density at radius 1 is 1.42 bits per heavy atom. The first-order chi connectivity index (χ1) is 5.63. The molecule has 0 spiro atoms. The average molecular weight is 187 g/mol. The molecule has 1 aromatic rings. The topological polar surface area (TPSA) is 57.5 Å². The number of carboxylic acids is 1. The van der Waals surface area contributed by atoms with Gasteiger partial charge in [-0.1, -0.05) is 18.2 Å². The zero-order chi connectivity index (χ0) is 9.14. The molecule has 0 aliphatic carbocycles. The molecule has 1 unspecified atom stereocenters. The number of hydrogen-bond donors (Lipinski definition) is 2. The lowest BCUT2D eigenvalue weighted by atomic mass is 10.1. The maximum Gasteiger partial charge on any atom is 0.326 e. The number of hydrogen-bond acceptors (Lipinski definition) is 2. The minimum absolute atomic E-state index is 0.0973. The lowest BCUT2D eigenvalue weighted by molar-refractivity contribution is -0.136. The van der Waals surface area contributed by atoms with Crippen molar-refractivity contribution in [3.8, 4) is 5.75 Å². The molecule has 1 aromatic carbocycles. The Morgan fingerprint density at radius 2 is 2.00 bits per heavy atom. The van der Waals surface area contributed by atoms with E-state index in [4.69, 9.17) is 16.7 Å². The quantitative estimate of drug-likeness (QED) is 0.692. The highest BCUT2D eigenvalue weighted by Gasteiger charge is 2.18. The van der Waals surface area contributed by atoms with Gasteiger partial charge in [0.2, 0.25) is 0 Å². The summed E-state index contributed by atoms with van der Waals surface area (Å²) in [5.41, 5.74) is 0.215. The van der Waals surface area contributed by atoms with Gasteiger partial charge in [0.15, 0.2) is 5.38 Å². The maximum absolute atomic E-state index is 10.4. The van der Waals surface area contributed by atoms with Crippen molar-refractivity contribution in [3.63, 3.8) is 0 Å². The van der Waals surface area contributed by atoms with Crippen molar-refractivity contribution in [2.24, 2.45) is 0 Å². The molecule has 0 aliphatic heterocycles. The monoisotopic (exact) mass is 186 g/mol. The molecule has 0 heterocycles. The van der Waals surface area contributed by atoms with Crippen molar-refractivity contribution in [2.45, 2.75) is 5.38 Å². The molecule has 64 valence electrons. The van der Waals surface area contributed by atoms with Gasteiger partial charge in [-0.3, -0.25) is 4.79 Å². The van der Waals surface area contributed by atoms with E-state index in [1.807, 2.05) is 0 Å². The third-order valence-electron chi connectivity index (χ3n) is 1.43. The number of phenolic OH excluding ortho intramolecular Hbond substituents is 1. The Labute approximate surface area is 74.2 Å². The molecular weight excluding hydrogens is 180 g/mol. The molecule has 0 aliphatic rings. The van der Waals surface area contributed by atoms with Crippen LogP contribution in [0, 0.1) is 0 Å². The zero-order valence-corrected chi connectivity index (χ0v) is 6.82. The molecule has 0 saturated heterocycles. The van der Waals surface area contributed by atoms with Crippen molar-refractivity contribution < 1.29 is 15.0 Å². The summed E-state index contributed by atoms with van der Waals surface area (Å²) in [6.45, 7) is 0. The normalized spacial score (nSPS) is 12.4. The first-order valence-electron chi connectivity index (χ1n) is 3.27. The van der Waals surface area contributed by atoms with Crippen molar-refractivity contribution in [1.82, 2.24) is 0 Å². The van der Waals surface area contributed by atoms with Crippen LogP contribution >= 0.6 is 11.6 Å². The number of para-hydroxylation sites is 1. The van der Waals surface area contributed by atoms with E-state index in [1.54, 1.807) is 12.1 Å². The lowest BCUT2D eigenvalue weighted by Crippen LogP contribution is -2.04. The molecule has 12 heavy (non-hydrogen) atoms. The summed E-state index contributed by atoms with van der Waals surface area (Å²) in [7, 11) is 0. The average Bonchev–Trinajstić information content (AvgIpc) is 2.04. The van der Waals surface area contributed by atoms with Crippen LogP contribution in [0.5, 0.6) is 5.75 Å². The van der Waals surface area contributed by atoms with Crippen molar-refractivity contribution in [2.75, 3.05) is 0 Å². The van der Waals surface area contributed by atoms with Crippen molar-refractivity contribution >= 4 is 17.6 Å². The summed E-state index contributed by atoms with van der Waals surface area (Å²) in [4.78, 5) is 10.4. The molecule has 1 rings (SSSR count). The van der Waals surface area contributed by atoms with Crippen LogP contribution in [0.4, 0.5) is 0 Å². The summed E-state index contributed by atoms with van der Waals surface area (Å²) in [5, 5.41) is 16.5. The van der Waals surface area contributed by atoms with Gasteiger partial charge in [-0.2, -0.15) is 0 Å². The van der Waals surface area contributed by atoms with E-state index in [9.17, 15) is 9.90 Å². The second kappa shape index (κ2) is 3.45. The van der Waals surface area contributed by atoms with E-state index < -0.39 is 11.3 Å². The third-order valence-corrected chi connectivity index (χ3v) is 1.85. The summed E-state index contributed by atoms with van der Waals surface area (Å²) >= 11 is 5.49. The zero-order valence-electron chi connectivity index (χ0n) is 6.07. The summed E-state index contributed by atoms with van der Waals surface area (Å²) in [6.07, 6.45) is 0. The van der Waals surface area contributed by atoms with E-state index >= 15 is 0 Å². The van der Waals surface area contributed by atoms with Crippen LogP contribution in [-0.4, -0.2) is 16.2 Å². The number of alkyl halides is 1. The van der Waals surface area contributed by atoms with Gasteiger partial charge in [-0.15, -0.1) is 11.6 Å². The van der Waals surface area contributed by atoms with Crippen LogP contribution in [0.2, 0.25) is 0 Å². The van der Waals surface area contributed by atoms with E-state index in [1.165, 1.54) is 12.1 Å². The molecule has 0 bridgehead atoms. The number of carbonyl (C=O) groups is 1. The van der Waals surface area contributed by atoms with Crippen molar-refractivity contribution in [1.29, 1.82) is 0 Å². The molecule has 1 atom stereocenters. The van der Waals surface area contributed by atoms with Gasteiger partial charge in [0, 0.05) is 5.56 Å². The number of benzene rings is 1. The molecule has 0 aromatic heterocycles. The van der Waals surface area contributed by atoms with E-state index in [0.717, 1.165) is 0 Å². The highest BCUT2D eigenvalue weighted by molar-refractivity contribution is 6.29. The van der Waals surface area contributed by atoms with Crippen LogP contribution < -0.4 is 0 Å². The van der Waals surface area contributed by atoms with E-state index in [2.05, 4.69) is 0 Å². The summed E-state index contributed by atoms with van der Waals surface area (Å²) in [5.74, 6) is -1.27. The number of aliphatic carboxylic acids is 1. The third kappa shape index (κ3) is 1.68. The second-order valence-corrected chi connectivity index (χ2v) is 2.70. The maximum atomic E-state index is 10.4. The highest BCUT2D eigenvalue weighted by atomic mass is 35.5. The van der Waals surface area contributed by atoms with Crippen LogP contribution in [0.25, 0.3) is 0 Å². The molecule has 0 saturated carbocycles. The molecule has 3 nitrogen and oxygen atoms in total. The van der Waals surface area contributed by atoms with Crippen LogP contribution in [-0.2, 0) is 4.79 Å². The van der Waals surface area contributed by atoms with Gasteiger partial charge < -0.3 is 10.2 Å². The van der Waals surface area contributed by atoms with Crippen molar-refractivity contribution in [3.05, 3.63) is 29.8 Å². The van der Waals surface area contributed by atoms with Gasteiger partial charge in [-0.05, 0) is 6.07 Å².